The number of hydrogen-bond acceptors (Lipinski definition) is 4. The molecule has 0 saturated carbocycles. The fraction of sp³-hybridized carbons (Fsp3) is 0.571. The van der Waals surface area contributed by atoms with Gasteiger partial charge in [0.2, 0.25) is 0 Å². The SMILES string of the molecule is COc1ccc([C@H](C)N2C[C@H]([C@H](O)P)CC2O)cc1. The molecule has 1 aromatic rings. The molecule has 0 spiro atoms. The summed E-state index contributed by atoms with van der Waals surface area (Å²) in [6, 6.07) is 8.00. The zero-order valence-electron chi connectivity index (χ0n) is 11.4. The first kappa shape index (κ1) is 14.7. The Morgan fingerprint density at radius 1 is 1.37 bits per heavy atom. The van der Waals surface area contributed by atoms with Crippen LogP contribution in [-0.4, -0.2) is 40.8 Å². The summed E-state index contributed by atoms with van der Waals surface area (Å²) in [5.74, 6) is 0.486. The van der Waals surface area contributed by atoms with Crippen molar-refractivity contribution >= 4 is 9.24 Å². The van der Waals surface area contributed by atoms with Gasteiger partial charge in [0.15, 0.2) is 0 Å². The lowest BCUT2D eigenvalue weighted by molar-refractivity contribution is 0.0127. The molecule has 1 aromatic carbocycles. The van der Waals surface area contributed by atoms with E-state index in [-0.39, 0.29) is 12.0 Å². The van der Waals surface area contributed by atoms with Crippen LogP contribution in [0.5, 0.6) is 5.75 Å². The minimum absolute atomic E-state index is 0.112. The average molecular weight is 283 g/mol. The van der Waals surface area contributed by atoms with E-state index in [0.717, 1.165) is 11.3 Å². The molecule has 0 aromatic heterocycles. The Hall–Kier alpha value is -0.670. The largest absolute Gasteiger partial charge is 0.497 e. The molecule has 0 aliphatic carbocycles. The fourth-order valence-corrected chi connectivity index (χ4v) is 2.89. The molecule has 1 aliphatic rings. The maximum Gasteiger partial charge on any atom is 0.118 e. The Kier molecular flexibility index (Phi) is 4.80. The fourth-order valence-electron chi connectivity index (χ4n) is 2.61. The molecule has 1 heterocycles. The van der Waals surface area contributed by atoms with Gasteiger partial charge in [-0.2, -0.15) is 0 Å². The predicted octanol–water partition coefficient (Wildman–Crippen LogP) is 1.59. The van der Waals surface area contributed by atoms with Gasteiger partial charge in [0.05, 0.1) is 13.0 Å². The lowest BCUT2D eigenvalue weighted by Gasteiger charge is -2.28. The summed E-state index contributed by atoms with van der Waals surface area (Å²) in [5, 5.41) is 19.7. The third-order valence-electron chi connectivity index (χ3n) is 3.92. The molecule has 19 heavy (non-hydrogen) atoms. The number of nitrogens with zero attached hydrogens (tertiary/aromatic N) is 1. The summed E-state index contributed by atoms with van der Waals surface area (Å²) in [4.78, 5) is 2.03. The van der Waals surface area contributed by atoms with Gasteiger partial charge in [-0.25, -0.2) is 0 Å². The van der Waals surface area contributed by atoms with Crippen LogP contribution in [0, 0.1) is 5.92 Å². The second-order valence-corrected chi connectivity index (χ2v) is 5.80. The van der Waals surface area contributed by atoms with Crippen LogP contribution in [0.2, 0.25) is 0 Å². The summed E-state index contributed by atoms with van der Waals surface area (Å²) in [6.07, 6.45) is 0.128. The minimum Gasteiger partial charge on any atom is -0.497 e. The van der Waals surface area contributed by atoms with Crippen LogP contribution in [0.4, 0.5) is 0 Å². The molecule has 2 rings (SSSR count). The highest BCUT2D eigenvalue weighted by Gasteiger charge is 2.36. The standard InChI is InChI=1S/C14H22NO3P/c1-9(10-3-5-12(18-2)6-4-10)15-8-11(14(17)19)7-13(15)16/h3-6,9,11,13-14,16-17H,7-8,19H2,1-2H3/t9-,11+,13?,14+/m0/s1. The van der Waals surface area contributed by atoms with Crippen LogP contribution in [-0.2, 0) is 0 Å². The van der Waals surface area contributed by atoms with E-state index in [2.05, 4.69) is 16.2 Å². The molecule has 2 N–H and O–H groups in total. The zero-order chi connectivity index (χ0) is 14.0. The zero-order valence-corrected chi connectivity index (χ0v) is 12.5. The molecule has 1 aliphatic heterocycles. The van der Waals surface area contributed by atoms with Crippen molar-refractivity contribution in [3.8, 4) is 5.75 Å². The summed E-state index contributed by atoms with van der Waals surface area (Å²) < 4.78 is 5.15. The summed E-state index contributed by atoms with van der Waals surface area (Å²) in [7, 11) is 4.06. The second kappa shape index (κ2) is 6.19. The Labute approximate surface area is 116 Å². The third kappa shape index (κ3) is 3.26. The van der Waals surface area contributed by atoms with Gasteiger partial charge in [-0.15, -0.1) is 9.24 Å². The topological polar surface area (TPSA) is 52.9 Å². The van der Waals surface area contributed by atoms with Gasteiger partial charge in [0.1, 0.15) is 12.0 Å². The molecule has 0 amide bonds. The number of methoxy groups -OCH3 is 1. The summed E-state index contributed by atoms with van der Waals surface area (Å²) >= 11 is 0. The van der Waals surface area contributed by atoms with Gasteiger partial charge in [-0.3, -0.25) is 4.90 Å². The Bertz CT molecular complexity index is 410. The lowest BCUT2D eigenvalue weighted by atomic mass is 10.1. The molecule has 1 saturated heterocycles. The monoisotopic (exact) mass is 283 g/mol. The van der Waals surface area contributed by atoms with Crippen molar-refractivity contribution in [1.29, 1.82) is 0 Å². The molecule has 0 bridgehead atoms. The molecular formula is C14H22NO3P. The second-order valence-electron chi connectivity index (χ2n) is 5.11. The van der Waals surface area contributed by atoms with E-state index in [1.807, 2.05) is 29.2 Å². The van der Waals surface area contributed by atoms with E-state index in [4.69, 9.17) is 4.74 Å². The molecular weight excluding hydrogens is 261 g/mol. The van der Waals surface area contributed by atoms with Gasteiger partial charge in [0.25, 0.3) is 0 Å². The molecule has 106 valence electrons. The van der Waals surface area contributed by atoms with E-state index in [9.17, 15) is 10.2 Å². The van der Waals surface area contributed by atoms with E-state index < -0.39 is 12.1 Å². The maximum absolute atomic E-state index is 10.1. The van der Waals surface area contributed by atoms with Crippen molar-refractivity contribution in [2.24, 2.45) is 5.92 Å². The van der Waals surface area contributed by atoms with Gasteiger partial charge in [-0.1, -0.05) is 12.1 Å². The van der Waals surface area contributed by atoms with Crippen LogP contribution in [0.15, 0.2) is 24.3 Å². The number of ether oxygens (including phenoxy) is 1. The van der Waals surface area contributed by atoms with E-state index >= 15 is 0 Å². The molecule has 0 radical (unpaired) electrons. The number of aliphatic hydroxyl groups is 2. The molecule has 1 fully saturated rings. The van der Waals surface area contributed by atoms with Crippen molar-refractivity contribution in [3.05, 3.63) is 29.8 Å². The van der Waals surface area contributed by atoms with Crippen LogP contribution in [0.25, 0.3) is 0 Å². The Balaban J connectivity index is 2.08. The van der Waals surface area contributed by atoms with Gasteiger partial charge in [-0.05, 0) is 31.0 Å². The number of likely N-dealkylation sites (tertiary alicyclic amines) is 1. The number of benzene rings is 1. The third-order valence-corrected chi connectivity index (χ3v) is 4.46. The van der Waals surface area contributed by atoms with Crippen LogP contribution in [0.3, 0.4) is 0 Å². The quantitative estimate of drug-likeness (QED) is 0.824. The van der Waals surface area contributed by atoms with Gasteiger partial charge < -0.3 is 14.9 Å². The highest BCUT2D eigenvalue weighted by atomic mass is 31.0. The van der Waals surface area contributed by atoms with E-state index in [0.29, 0.717) is 13.0 Å². The summed E-state index contributed by atoms with van der Waals surface area (Å²) in [6.45, 7) is 2.78. The molecule has 2 unspecified atom stereocenters. The van der Waals surface area contributed by atoms with Crippen molar-refractivity contribution in [3.63, 3.8) is 0 Å². The smallest absolute Gasteiger partial charge is 0.118 e. The Morgan fingerprint density at radius 2 is 2.00 bits per heavy atom. The van der Waals surface area contributed by atoms with Crippen LogP contribution in [0.1, 0.15) is 24.9 Å². The molecule has 5 atom stereocenters. The van der Waals surface area contributed by atoms with Gasteiger partial charge in [0, 0.05) is 18.5 Å². The van der Waals surface area contributed by atoms with E-state index in [1.165, 1.54) is 0 Å². The van der Waals surface area contributed by atoms with Crippen molar-refractivity contribution in [2.45, 2.75) is 31.5 Å². The normalized spacial score (nSPS) is 27.2. The lowest BCUT2D eigenvalue weighted by Crippen LogP contribution is -2.32. The first-order valence-corrected chi connectivity index (χ1v) is 7.21. The van der Waals surface area contributed by atoms with Crippen molar-refractivity contribution in [1.82, 2.24) is 4.90 Å². The predicted molar refractivity (Wildman–Crippen MR) is 77.9 cm³/mol. The van der Waals surface area contributed by atoms with Gasteiger partial charge >= 0.3 is 0 Å². The first-order valence-electron chi connectivity index (χ1n) is 6.54. The summed E-state index contributed by atoms with van der Waals surface area (Å²) in [5.41, 5.74) is 1.14. The molecule has 5 heteroatoms. The van der Waals surface area contributed by atoms with E-state index in [1.54, 1.807) is 7.11 Å². The van der Waals surface area contributed by atoms with Crippen LogP contribution >= 0.6 is 9.24 Å². The highest BCUT2D eigenvalue weighted by molar-refractivity contribution is 7.17. The molecule has 4 nitrogen and oxygen atoms in total. The Morgan fingerprint density at radius 3 is 2.47 bits per heavy atom. The first-order chi connectivity index (χ1) is 9.02. The van der Waals surface area contributed by atoms with Crippen molar-refractivity contribution in [2.75, 3.05) is 13.7 Å². The maximum atomic E-state index is 10.1. The number of aliphatic hydroxyl groups excluding tert-OH is 2. The highest BCUT2D eigenvalue weighted by Crippen LogP contribution is 2.34. The van der Waals surface area contributed by atoms with Crippen molar-refractivity contribution < 1.29 is 14.9 Å². The average Bonchev–Trinajstić information content (AvgIpc) is 2.80. The van der Waals surface area contributed by atoms with Crippen LogP contribution < -0.4 is 4.74 Å². The minimum atomic E-state index is -0.489. The number of hydrogen-bond donors (Lipinski definition) is 2. The number of rotatable bonds is 4.